The summed E-state index contributed by atoms with van der Waals surface area (Å²) in [7, 11) is 1.94. The van der Waals surface area contributed by atoms with Crippen molar-refractivity contribution in [3.63, 3.8) is 0 Å². The molecule has 22 heavy (non-hydrogen) atoms. The number of hydrogen-bond donors (Lipinski definition) is 0. The number of benzene rings is 2. The van der Waals surface area contributed by atoms with Crippen molar-refractivity contribution < 1.29 is 9.59 Å². The molecule has 0 aliphatic carbocycles. The molecule has 1 aliphatic heterocycles. The van der Waals surface area contributed by atoms with E-state index < -0.39 is 0 Å². The summed E-state index contributed by atoms with van der Waals surface area (Å²) in [4.78, 5) is 26.7. The molecule has 3 aromatic rings. The van der Waals surface area contributed by atoms with Gasteiger partial charge in [0.1, 0.15) is 0 Å². The van der Waals surface area contributed by atoms with Crippen LogP contribution in [0.25, 0.3) is 10.9 Å². The number of nitrogens with zero attached hydrogens (tertiary/aromatic N) is 2. The summed E-state index contributed by atoms with van der Waals surface area (Å²) >= 11 is 0. The summed E-state index contributed by atoms with van der Waals surface area (Å²) in [5, 5.41) is 0.914. The number of fused-ring (bicyclic) bond motifs is 2. The highest BCUT2D eigenvalue weighted by molar-refractivity contribution is 6.36. The van der Waals surface area contributed by atoms with Crippen molar-refractivity contribution in [2.45, 2.75) is 6.92 Å². The summed E-state index contributed by atoms with van der Waals surface area (Å²) in [6, 6.07) is 14.8. The number of carbonyl (C=O) groups excluding carboxylic acids is 2. The Labute approximate surface area is 127 Å². The first-order valence-electron chi connectivity index (χ1n) is 7.13. The topological polar surface area (TPSA) is 42.3 Å². The standard InChI is InChI=1S/C18H14N2O2/c1-11-16(14-9-5-6-10-15(14)19(11)2)20-17(21)12-7-3-4-8-13(12)18(20)22/h3-10H,1-2H3. The average molecular weight is 290 g/mol. The van der Waals surface area contributed by atoms with Gasteiger partial charge in [0.2, 0.25) is 0 Å². The van der Waals surface area contributed by atoms with Gasteiger partial charge in [0.25, 0.3) is 11.8 Å². The number of rotatable bonds is 1. The Morgan fingerprint density at radius 2 is 1.36 bits per heavy atom. The molecule has 1 aromatic heterocycles. The molecule has 0 unspecified atom stereocenters. The predicted octanol–water partition coefficient (Wildman–Crippen LogP) is 3.29. The molecule has 2 aromatic carbocycles. The van der Waals surface area contributed by atoms with Gasteiger partial charge in [0, 0.05) is 18.1 Å². The second kappa shape index (κ2) is 4.31. The van der Waals surface area contributed by atoms with Crippen molar-refractivity contribution in [2.24, 2.45) is 7.05 Å². The summed E-state index contributed by atoms with van der Waals surface area (Å²) in [5.74, 6) is -0.500. The highest BCUT2D eigenvalue weighted by Crippen LogP contribution is 2.37. The maximum absolute atomic E-state index is 12.7. The Balaban J connectivity index is 2.01. The van der Waals surface area contributed by atoms with Gasteiger partial charge in [-0.3, -0.25) is 9.59 Å². The van der Waals surface area contributed by atoms with Gasteiger partial charge >= 0.3 is 0 Å². The first-order valence-corrected chi connectivity index (χ1v) is 7.13. The van der Waals surface area contributed by atoms with Crippen LogP contribution in [0, 0.1) is 6.92 Å². The lowest BCUT2D eigenvalue weighted by molar-refractivity contribution is 0.0926. The molecule has 0 saturated carbocycles. The van der Waals surface area contributed by atoms with E-state index >= 15 is 0 Å². The van der Waals surface area contributed by atoms with Gasteiger partial charge in [-0.05, 0) is 25.1 Å². The zero-order valence-electron chi connectivity index (χ0n) is 12.3. The fourth-order valence-corrected chi connectivity index (χ4v) is 3.18. The maximum atomic E-state index is 12.7. The lowest BCUT2D eigenvalue weighted by atomic mass is 10.1. The van der Waals surface area contributed by atoms with Crippen LogP contribution in [0.3, 0.4) is 0 Å². The van der Waals surface area contributed by atoms with E-state index in [2.05, 4.69) is 0 Å². The highest BCUT2D eigenvalue weighted by atomic mass is 16.2. The van der Waals surface area contributed by atoms with Crippen molar-refractivity contribution in [3.05, 3.63) is 65.4 Å². The van der Waals surface area contributed by atoms with Crippen LogP contribution in [0.1, 0.15) is 26.4 Å². The van der Waals surface area contributed by atoms with Crippen LogP contribution in [-0.4, -0.2) is 16.4 Å². The van der Waals surface area contributed by atoms with Gasteiger partial charge in [0.15, 0.2) is 0 Å². The smallest absolute Gasteiger partial charge is 0.266 e. The Morgan fingerprint density at radius 3 is 2.00 bits per heavy atom. The van der Waals surface area contributed by atoms with E-state index in [4.69, 9.17) is 0 Å². The lowest BCUT2D eigenvalue weighted by Gasteiger charge is -2.14. The molecular formula is C18H14N2O2. The predicted molar refractivity (Wildman–Crippen MR) is 85.2 cm³/mol. The molecular weight excluding hydrogens is 276 g/mol. The zero-order valence-corrected chi connectivity index (χ0v) is 12.3. The monoisotopic (exact) mass is 290 g/mol. The molecule has 1 aliphatic rings. The number of anilines is 1. The first kappa shape index (κ1) is 12.8. The van der Waals surface area contributed by atoms with Gasteiger partial charge in [0.05, 0.1) is 22.3 Å². The normalized spacial score (nSPS) is 14.0. The molecule has 2 heterocycles. The third kappa shape index (κ3) is 1.46. The molecule has 0 N–H and O–H groups in total. The molecule has 4 rings (SSSR count). The molecule has 0 radical (unpaired) electrons. The molecule has 108 valence electrons. The summed E-state index contributed by atoms with van der Waals surface area (Å²) < 4.78 is 2.01. The number of aromatic nitrogens is 1. The second-order valence-corrected chi connectivity index (χ2v) is 5.50. The van der Waals surface area contributed by atoms with Gasteiger partial charge < -0.3 is 4.57 Å². The van der Waals surface area contributed by atoms with Gasteiger partial charge in [-0.2, -0.15) is 0 Å². The van der Waals surface area contributed by atoms with Gasteiger partial charge in [-0.15, -0.1) is 0 Å². The van der Waals surface area contributed by atoms with E-state index in [1.54, 1.807) is 24.3 Å². The van der Waals surface area contributed by atoms with E-state index in [0.717, 1.165) is 16.6 Å². The van der Waals surface area contributed by atoms with E-state index in [1.807, 2.05) is 42.8 Å². The SMILES string of the molecule is Cc1c(N2C(=O)c3ccccc3C2=O)c2ccccc2n1C. The minimum Gasteiger partial charge on any atom is -0.346 e. The van der Waals surface area contributed by atoms with Crippen LogP contribution in [0.2, 0.25) is 0 Å². The average Bonchev–Trinajstić information content (AvgIpc) is 2.94. The number of carbonyl (C=O) groups is 2. The lowest BCUT2D eigenvalue weighted by Crippen LogP contribution is -2.29. The van der Waals surface area contributed by atoms with Crippen LogP contribution in [0.15, 0.2) is 48.5 Å². The Bertz CT molecular complexity index is 918. The van der Waals surface area contributed by atoms with Crippen molar-refractivity contribution in [1.82, 2.24) is 4.57 Å². The molecule has 0 spiro atoms. The van der Waals surface area contributed by atoms with Crippen LogP contribution in [0.4, 0.5) is 5.69 Å². The summed E-state index contributed by atoms with van der Waals surface area (Å²) in [6.07, 6.45) is 0. The molecule has 0 saturated heterocycles. The Kier molecular flexibility index (Phi) is 2.51. The van der Waals surface area contributed by atoms with Crippen molar-refractivity contribution in [3.8, 4) is 0 Å². The van der Waals surface area contributed by atoms with Crippen LogP contribution in [-0.2, 0) is 7.05 Å². The Hall–Kier alpha value is -2.88. The highest BCUT2D eigenvalue weighted by Gasteiger charge is 2.38. The van der Waals surface area contributed by atoms with Crippen LogP contribution in [0.5, 0.6) is 0 Å². The molecule has 0 fully saturated rings. The number of para-hydroxylation sites is 1. The third-order valence-electron chi connectivity index (χ3n) is 4.38. The van der Waals surface area contributed by atoms with Crippen LogP contribution < -0.4 is 4.90 Å². The number of aryl methyl sites for hydroxylation is 1. The van der Waals surface area contributed by atoms with E-state index in [0.29, 0.717) is 16.8 Å². The maximum Gasteiger partial charge on any atom is 0.266 e. The molecule has 2 amide bonds. The fraction of sp³-hybridized carbons (Fsp3) is 0.111. The minimum atomic E-state index is -0.250. The van der Waals surface area contributed by atoms with Crippen LogP contribution >= 0.6 is 0 Å². The molecule has 4 nitrogen and oxygen atoms in total. The third-order valence-corrected chi connectivity index (χ3v) is 4.38. The summed E-state index contributed by atoms with van der Waals surface area (Å²) in [6.45, 7) is 1.93. The number of hydrogen-bond acceptors (Lipinski definition) is 2. The number of imide groups is 1. The van der Waals surface area contributed by atoms with Crippen molar-refractivity contribution >= 4 is 28.4 Å². The van der Waals surface area contributed by atoms with E-state index in [1.165, 1.54) is 4.90 Å². The summed E-state index contributed by atoms with van der Waals surface area (Å²) in [5.41, 5.74) is 3.53. The number of amides is 2. The zero-order chi connectivity index (χ0) is 15.4. The van der Waals surface area contributed by atoms with Gasteiger partial charge in [-0.1, -0.05) is 30.3 Å². The van der Waals surface area contributed by atoms with E-state index in [-0.39, 0.29) is 11.8 Å². The first-order chi connectivity index (χ1) is 10.6. The second-order valence-electron chi connectivity index (χ2n) is 5.50. The Morgan fingerprint density at radius 1 is 0.818 bits per heavy atom. The van der Waals surface area contributed by atoms with Crippen molar-refractivity contribution in [2.75, 3.05) is 4.90 Å². The largest absolute Gasteiger partial charge is 0.346 e. The van der Waals surface area contributed by atoms with Crippen molar-refractivity contribution in [1.29, 1.82) is 0 Å². The molecule has 0 atom stereocenters. The van der Waals surface area contributed by atoms with Gasteiger partial charge in [-0.25, -0.2) is 4.90 Å². The fourth-order valence-electron chi connectivity index (χ4n) is 3.18. The quantitative estimate of drug-likeness (QED) is 0.645. The molecule has 4 heteroatoms. The molecule has 0 bridgehead atoms. The van der Waals surface area contributed by atoms with E-state index in [9.17, 15) is 9.59 Å². The minimum absolute atomic E-state index is 0.250.